The third kappa shape index (κ3) is 25.0. The van der Waals surface area contributed by atoms with Crippen molar-refractivity contribution in [1.29, 1.82) is 0 Å². The van der Waals surface area contributed by atoms with E-state index in [4.69, 9.17) is 11.5 Å². The lowest BCUT2D eigenvalue weighted by Gasteiger charge is -2.29. The highest BCUT2D eigenvalue weighted by molar-refractivity contribution is 7.99. The number of aromatic nitrogens is 1. The molecule has 34 heteroatoms. The Kier molecular flexibility index (Phi) is 32.3. The lowest BCUT2D eigenvalue weighted by atomic mass is 10.0. The molecule has 32 nitrogen and oxygen atoms in total. The number of rotatable bonds is 26. The van der Waals surface area contributed by atoms with Crippen LogP contribution in [0, 0.1) is 0 Å². The number of aliphatic hydroxyl groups excluding tert-OH is 3. The molecular weight excluding hydrogens is 1360 g/mol. The van der Waals surface area contributed by atoms with Crippen LogP contribution in [0.5, 0.6) is 5.75 Å². The molecule has 1 aliphatic heterocycles. The van der Waals surface area contributed by atoms with Gasteiger partial charge in [-0.15, -0.1) is 0 Å². The SMILES string of the molecule is CN[C@H]1CCSCC(=O)NC[C@@H](C(=O)N[C@@H](Cc2ccc(N)cc2)C(=O)N[C@@H](CS)C(=O)N[C@H](C(=O)N[C@@H](CO)C(=O)O)[C@@H](C)O)NC(=O)[C@H](Cc2ccccc2)NC(=O)[C@H]([C@@H](C)O)NC(=O)[C@H](CCCCN)NC(=O)[C@@H](Cc2c[nH]c3ccccc23)NC(=O)[C@H](Cc2ccc(O)cc2)NC1=O. The van der Waals surface area contributed by atoms with Crippen LogP contribution in [0.2, 0.25) is 0 Å². The number of phenols is 1. The van der Waals surface area contributed by atoms with E-state index in [1.165, 1.54) is 50.4 Å². The molecule has 4 aromatic carbocycles. The summed E-state index contributed by atoms with van der Waals surface area (Å²) in [7, 11) is 1.51. The smallest absolute Gasteiger partial charge is 0.328 e. The number of unbranched alkanes of at least 4 members (excludes halogenated alkanes) is 1. The number of para-hydroxylation sites is 1. The van der Waals surface area contributed by atoms with Gasteiger partial charge in [-0.2, -0.15) is 24.4 Å². The normalized spacial score (nSPS) is 21.3. The van der Waals surface area contributed by atoms with Gasteiger partial charge in [-0.05, 0) is 111 Å². The van der Waals surface area contributed by atoms with Crippen LogP contribution in [0.15, 0.2) is 109 Å². The number of nitrogen functional groups attached to an aromatic ring is 1. The minimum absolute atomic E-state index is 0.0691. The van der Waals surface area contributed by atoms with Gasteiger partial charge in [-0.1, -0.05) is 72.8 Å². The zero-order valence-electron chi connectivity index (χ0n) is 56.4. The molecule has 0 unspecified atom stereocenters. The van der Waals surface area contributed by atoms with Crippen molar-refractivity contribution in [3.63, 3.8) is 0 Å². The van der Waals surface area contributed by atoms with Crippen molar-refractivity contribution in [3.05, 3.63) is 132 Å². The molecule has 1 aliphatic rings. The first-order valence-electron chi connectivity index (χ1n) is 33.0. The Bertz CT molecular complexity index is 3680. The number of hydrogen-bond acceptors (Lipinski definition) is 21. The van der Waals surface area contributed by atoms with Crippen LogP contribution < -0.4 is 75.3 Å². The third-order valence-electron chi connectivity index (χ3n) is 16.6. The molecule has 1 aromatic heterocycles. The lowest BCUT2D eigenvalue weighted by Crippen LogP contribution is -2.63. The topological polar surface area (TPSA) is 518 Å². The second-order valence-electron chi connectivity index (χ2n) is 24.5. The molecule has 6 rings (SSSR count). The number of benzene rings is 4. The predicted molar refractivity (Wildman–Crippen MR) is 380 cm³/mol. The van der Waals surface area contributed by atoms with Gasteiger partial charge in [0.05, 0.1) is 30.6 Å². The number of likely N-dealkylation sites (N-methyl/N-ethyl adjacent to an activating group) is 1. The molecule has 102 heavy (non-hydrogen) atoms. The fourth-order valence-corrected chi connectivity index (χ4v) is 11.9. The van der Waals surface area contributed by atoms with E-state index in [9.17, 15) is 78.3 Å². The number of amides is 11. The van der Waals surface area contributed by atoms with Crippen LogP contribution in [0.1, 0.15) is 61.8 Å². The van der Waals surface area contributed by atoms with Crippen LogP contribution in [0.25, 0.3) is 10.9 Å². The van der Waals surface area contributed by atoms with Gasteiger partial charge < -0.3 is 106 Å². The Balaban J connectivity index is 1.38. The Labute approximate surface area is 597 Å². The van der Waals surface area contributed by atoms with Crippen molar-refractivity contribution in [2.45, 2.75) is 144 Å². The number of anilines is 1. The number of phenolic OH excluding ortho intramolecular Hbond substituents is 1. The number of nitrogens with two attached hydrogens (primary N) is 2. The van der Waals surface area contributed by atoms with Gasteiger partial charge >= 0.3 is 5.97 Å². The summed E-state index contributed by atoms with van der Waals surface area (Å²) in [4.78, 5) is 174. The second-order valence-corrected chi connectivity index (χ2v) is 26.0. The van der Waals surface area contributed by atoms with E-state index in [2.05, 4.69) is 76.1 Å². The van der Waals surface area contributed by atoms with Gasteiger partial charge in [0.25, 0.3) is 0 Å². The fraction of sp³-hybridized carbons (Fsp3) is 0.441. The Morgan fingerprint density at radius 1 is 0.637 bits per heavy atom. The van der Waals surface area contributed by atoms with Crippen molar-refractivity contribution < 1.29 is 83.1 Å². The summed E-state index contributed by atoms with van der Waals surface area (Å²) in [6.45, 7) is 0.735. The number of aliphatic carboxylic acids is 1. The molecule has 552 valence electrons. The maximum atomic E-state index is 15.0. The molecule has 0 spiro atoms. The number of carbonyl (C=O) groups is 12. The maximum Gasteiger partial charge on any atom is 0.328 e. The van der Waals surface area contributed by atoms with E-state index in [-0.39, 0.29) is 68.7 Å². The van der Waals surface area contributed by atoms with Crippen molar-refractivity contribution in [2.24, 2.45) is 5.73 Å². The lowest BCUT2D eigenvalue weighted by molar-refractivity contribution is -0.144. The molecule has 1 saturated heterocycles. The van der Waals surface area contributed by atoms with Crippen molar-refractivity contribution in [2.75, 3.05) is 49.7 Å². The van der Waals surface area contributed by atoms with Crippen LogP contribution in [0.3, 0.4) is 0 Å². The number of carbonyl (C=O) groups excluding carboxylic acids is 11. The number of aromatic amines is 1. The van der Waals surface area contributed by atoms with Gasteiger partial charge in [0.1, 0.15) is 66.2 Å². The first-order valence-corrected chi connectivity index (χ1v) is 34.8. The zero-order valence-corrected chi connectivity index (χ0v) is 58.2. The number of aromatic hydroxyl groups is 1. The van der Waals surface area contributed by atoms with E-state index >= 15 is 4.79 Å². The number of nitrogens with one attached hydrogen (secondary N) is 13. The molecule has 22 N–H and O–H groups in total. The molecule has 11 amide bonds. The summed E-state index contributed by atoms with van der Waals surface area (Å²) < 4.78 is 0. The van der Waals surface area contributed by atoms with Gasteiger partial charge in [0, 0.05) is 60.8 Å². The van der Waals surface area contributed by atoms with E-state index in [1.807, 2.05) is 17.4 Å². The monoisotopic (exact) mass is 1450 g/mol. The Morgan fingerprint density at radius 2 is 1.21 bits per heavy atom. The maximum absolute atomic E-state index is 15.0. The van der Waals surface area contributed by atoms with Crippen LogP contribution in [-0.4, -0.2) is 224 Å². The first kappa shape index (κ1) is 81.1. The number of hydrogen-bond donors (Lipinski definition) is 21. The van der Waals surface area contributed by atoms with Gasteiger partial charge in [0.2, 0.25) is 65.0 Å². The summed E-state index contributed by atoms with van der Waals surface area (Å²) in [5.41, 5.74) is 14.8. The summed E-state index contributed by atoms with van der Waals surface area (Å²) in [6, 6.07) is 9.82. The Hall–Kier alpha value is -9.84. The molecule has 0 aliphatic carbocycles. The number of aliphatic hydroxyl groups is 3. The average Bonchev–Trinajstić information content (AvgIpc) is 1.61. The van der Waals surface area contributed by atoms with Crippen LogP contribution in [-0.2, 0) is 83.2 Å². The molecule has 0 saturated carbocycles. The fourth-order valence-electron chi connectivity index (χ4n) is 10.8. The van der Waals surface area contributed by atoms with E-state index in [0.717, 1.165) is 18.7 Å². The highest BCUT2D eigenvalue weighted by Crippen LogP contribution is 2.21. The van der Waals surface area contributed by atoms with E-state index in [1.54, 1.807) is 60.8 Å². The number of thioether (sulfide) groups is 1. The predicted octanol–water partition coefficient (Wildman–Crippen LogP) is -3.69. The minimum Gasteiger partial charge on any atom is -0.508 e. The third-order valence-corrected chi connectivity index (χ3v) is 18.0. The number of thiol groups is 1. The zero-order chi connectivity index (χ0) is 74.6. The van der Waals surface area contributed by atoms with Gasteiger partial charge in [-0.25, -0.2) is 4.79 Å². The van der Waals surface area contributed by atoms with Gasteiger partial charge in [-0.3, -0.25) is 52.7 Å². The second kappa shape index (κ2) is 40.6. The first-order chi connectivity index (χ1) is 48.7. The summed E-state index contributed by atoms with van der Waals surface area (Å²) in [5.74, 6) is -13.0. The molecular formula is C68H91N15O17S2. The standard InChI is InChI=1S/C68H91N15O17S2/c1-36(85)56-66(97)78-50(27-38-11-5-4-6-12-38)61(92)79-52(64(95)76-49(28-39-16-20-42(70)21-17-39)62(93)81-54(34-101)65(96)83-57(37(2)86)67(98)80-53(33-84)68(99)100)32-73-55(88)35-102-26-24-46(71-3)58(89)75-48(29-40-18-22-43(87)23-19-40)60(91)77-51(30-41-31-72-45-14-8-7-13-44(41)45)63(94)74-47(59(90)82-56)15-9-10-25-69/h4-8,11-14,16-23,31,36-37,46-54,56-57,71-72,84-87,101H,9-10,15,24-30,32-35,69-70H2,1-3H3,(H,73,88)(H,74,94)(H,75,89)(H,76,95)(H,77,91)(H,78,97)(H,79,92)(H,80,98)(H,81,93)(H,82,90)(H,83,96)(H,99,100)/t36-,37-,46+,47+,48+,49+,50+,51-,52+,53+,54+,56+,57+/m1/s1. The molecule has 1 fully saturated rings. The highest BCUT2D eigenvalue weighted by Gasteiger charge is 2.38. The summed E-state index contributed by atoms with van der Waals surface area (Å²) >= 11 is 5.29. The minimum atomic E-state index is -1.86. The van der Waals surface area contributed by atoms with E-state index < -0.39 is 169 Å². The summed E-state index contributed by atoms with van der Waals surface area (Å²) in [6.07, 6.45) is -2.03. The van der Waals surface area contributed by atoms with E-state index in [0.29, 0.717) is 45.3 Å². The van der Waals surface area contributed by atoms with Crippen molar-refractivity contribution in [1.82, 2.24) is 68.8 Å². The number of carboxylic acids is 1. The molecule has 13 atom stereocenters. The van der Waals surface area contributed by atoms with Crippen LogP contribution in [0.4, 0.5) is 5.69 Å². The quantitative estimate of drug-likeness (QED) is 0.0144. The Morgan fingerprint density at radius 3 is 1.82 bits per heavy atom. The molecule has 5 aromatic rings. The van der Waals surface area contributed by atoms with Crippen molar-refractivity contribution >= 4 is 112 Å². The molecule has 2 heterocycles. The largest absolute Gasteiger partial charge is 0.508 e. The van der Waals surface area contributed by atoms with Crippen molar-refractivity contribution in [3.8, 4) is 5.75 Å². The highest BCUT2D eigenvalue weighted by atomic mass is 32.2. The molecule has 0 bridgehead atoms. The number of fused-ring (bicyclic) bond motifs is 1. The van der Waals surface area contributed by atoms with Gasteiger partial charge in [0.15, 0.2) is 0 Å². The average molecular weight is 1450 g/mol. The van der Waals surface area contributed by atoms with Crippen LogP contribution >= 0.6 is 24.4 Å². The molecule has 0 radical (unpaired) electrons. The number of carboxylic acid groups (broad SMARTS) is 1. The number of H-pyrrole nitrogens is 1. The summed E-state index contributed by atoms with van der Waals surface area (Å²) in [5, 5.41) is 82.5.